The number of carbonyl (C=O) groups excluding carboxylic acids is 1. The molecule has 1 aliphatic carbocycles. The first-order valence-corrected chi connectivity index (χ1v) is 12.1. The van der Waals surface area contributed by atoms with Gasteiger partial charge >= 0.3 is 0 Å². The van der Waals surface area contributed by atoms with Crippen LogP contribution in [0.15, 0.2) is 99.1 Å². The zero-order valence-corrected chi connectivity index (χ0v) is 21.0. The average molecular weight is 455 g/mol. The summed E-state index contributed by atoms with van der Waals surface area (Å²) in [6, 6.07) is 18.3. The first-order chi connectivity index (χ1) is 15.6. The number of fused-ring (bicyclic) bond motifs is 1. The summed E-state index contributed by atoms with van der Waals surface area (Å²) in [7, 11) is 0. The molecule has 168 valence electrons. The summed E-state index contributed by atoms with van der Waals surface area (Å²) in [6.45, 7) is 12.5. The molecule has 4 heteroatoms. The second-order valence-electron chi connectivity index (χ2n) is 10.4. The van der Waals surface area contributed by atoms with Crippen LogP contribution in [0, 0.1) is 10.8 Å². The Balaban J connectivity index is 1.94. The largest absolute Gasteiger partial charge is 0.289 e. The normalized spacial score (nSPS) is 15.2. The third-order valence-corrected chi connectivity index (χ3v) is 6.63. The number of Topliss-reactive ketones (excluding diaryl/α,β-unsaturated/α-hetero) is 1. The lowest BCUT2D eigenvalue weighted by Gasteiger charge is -2.31. The van der Waals surface area contributed by atoms with Crippen molar-refractivity contribution >= 4 is 39.3 Å². The van der Waals surface area contributed by atoms with E-state index in [1.807, 2.05) is 47.9 Å². The summed E-state index contributed by atoms with van der Waals surface area (Å²) < 4.78 is 0. The van der Waals surface area contributed by atoms with Gasteiger partial charge < -0.3 is 0 Å². The van der Waals surface area contributed by atoms with Gasteiger partial charge in [-0.1, -0.05) is 84.0 Å². The minimum atomic E-state index is -0.277. The summed E-state index contributed by atoms with van der Waals surface area (Å²) in [6.07, 6.45) is 4.02. The highest BCUT2D eigenvalue weighted by molar-refractivity contribution is 7.11. The van der Waals surface area contributed by atoms with Crippen LogP contribution in [0.4, 0.5) is 5.69 Å². The van der Waals surface area contributed by atoms with Gasteiger partial charge in [-0.2, -0.15) is 0 Å². The fourth-order valence-corrected chi connectivity index (χ4v) is 4.67. The van der Waals surface area contributed by atoms with Crippen molar-refractivity contribution in [1.82, 2.24) is 0 Å². The van der Waals surface area contributed by atoms with Gasteiger partial charge in [0.1, 0.15) is 5.70 Å². The molecule has 0 bridgehead atoms. The van der Waals surface area contributed by atoms with Crippen LogP contribution >= 0.6 is 11.3 Å². The molecule has 2 aromatic carbocycles. The van der Waals surface area contributed by atoms with E-state index in [2.05, 4.69) is 70.9 Å². The molecular formula is C29H30N2OS. The maximum atomic E-state index is 13.4. The van der Waals surface area contributed by atoms with Crippen LogP contribution < -0.4 is 0 Å². The van der Waals surface area contributed by atoms with E-state index in [4.69, 9.17) is 5.11 Å². The SMILES string of the molecule is CC(C)(C)C1=CC(=C(N=Nc2cccc3ccccc23)c2cccs2)C=C(C(C)(C)C)C1=O. The first kappa shape index (κ1) is 23.1. The predicted molar refractivity (Wildman–Crippen MR) is 140 cm³/mol. The monoisotopic (exact) mass is 454 g/mol. The maximum Gasteiger partial charge on any atom is 0.186 e. The van der Waals surface area contributed by atoms with Gasteiger partial charge in [-0.25, -0.2) is 0 Å². The van der Waals surface area contributed by atoms with Crippen LogP contribution in [-0.2, 0) is 4.79 Å². The molecule has 0 unspecified atom stereocenters. The van der Waals surface area contributed by atoms with E-state index >= 15 is 0 Å². The minimum Gasteiger partial charge on any atom is -0.289 e. The number of carbonyl (C=O) groups is 1. The van der Waals surface area contributed by atoms with Crippen molar-refractivity contribution in [2.24, 2.45) is 21.1 Å². The van der Waals surface area contributed by atoms with Crippen molar-refractivity contribution < 1.29 is 4.79 Å². The zero-order chi connectivity index (χ0) is 23.8. The lowest BCUT2D eigenvalue weighted by atomic mass is 9.71. The smallest absolute Gasteiger partial charge is 0.186 e. The highest BCUT2D eigenvalue weighted by atomic mass is 32.1. The molecular weight excluding hydrogens is 424 g/mol. The van der Waals surface area contributed by atoms with Crippen LogP contribution in [0.2, 0.25) is 0 Å². The Bertz CT molecular complexity index is 1280. The molecule has 0 radical (unpaired) electrons. The number of azo groups is 1. The number of allylic oxidation sites excluding steroid dienone is 5. The molecule has 3 aromatic rings. The van der Waals surface area contributed by atoms with E-state index in [0.29, 0.717) is 0 Å². The van der Waals surface area contributed by atoms with E-state index in [1.54, 1.807) is 11.3 Å². The Morgan fingerprint density at radius 3 is 2.03 bits per heavy atom. The van der Waals surface area contributed by atoms with Crippen molar-refractivity contribution in [3.8, 4) is 0 Å². The number of ketones is 1. The molecule has 4 rings (SSSR count). The molecule has 0 amide bonds. The van der Waals surface area contributed by atoms with Crippen molar-refractivity contribution in [3.63, 3.8) is 0 Å². The van der Waals surface area contributed by atoms with Crippen molar-refractivity contribution in [3.05, 3.63) is 93.7 Å². The minimum absolute atomic E-state index is 0.121. The standard InChI is InChI=1S/C29H30N2OS/c1-28(2,3)22-17-20(18-23(27(22)32)29(4,5)6)26(25-15-10-16-33-25)31-30-24-14-9-12-19-11-7-8-13-21(19)24/h7-18H,1-6H3. The number of thiophene rings is 1. The molecule has 0 N–H and O–H groups in total. The van der Waals surface area contributed by atoms with E-state index in [1.165, 1.54) is 0 Å². The number of nitrogens with zero attached hydrogens (tertiary/aromatic N) is 2. The summed E-state index contributed by atoms with van der Waals surface area (Å²) in [4.78, 5) is 14.4. The van der Waals surface area contributed by atoms with Gasteiger partial charge in [0.15, 0.2) is 5.78 Å². The molecule has 0 saturated heterocycles. The third kappa shape index (κ3) is 4.81. The Hall–Kier alpha value is -3.11. The number of benzene rings is 2. The summed E-state index contributed by atoms with van der Waals surface area (Å²) in [5, 5.41) is 13.7. The molecule has 33 heavy (non-hydrogen) atoms. The molecule has 1 aliphatic rings. The lowest BCUT2D eigenvalue weighted by molar-refractivity contribution is -0.114. The van der Waals surface area contributed by atoms with Crippen molar-refractivity contribution in [1.29, 1.82) is 0 Å². The van der Waals surface area contributed by atoms with Crippen LogP contribution in [0.3, 0.4) is 0 Å². The number of rotatable bonds is 3. The third-order valence-electron chi connectivity index (χ3n) is 5.76. The topological polar surface area (TPSA) is 41.8 Å². The van der Waals surface area contributed by atoms with E-state index in [9.17, 15) is 4.79 Å². The van der Waals surface area contributed by atoms with E-state index in [-0.39, 0.29) is 16.6 Å². The first-order valence-electron chi connectivity index (χ1n) is 11.2. The summed E-state index contributed by atoms with van der Waals surface area (Å²) in [5.74, 6) is 0.121. The molecule has 0 spiro atoms. The quantitative estimate of drug-likeness (QED) is 0.364. The van der Waals surface area contributed by atoms with Crippen LogP contribution in [0.25, 0.3) is 16.5 Å². The van der Waals surface area contributed by atoms with Crippen LogP contribution in [0.1, 0.15) is 46.4 Å². The van der Waals surface area contributed by atoms with Crippen molar-refractivity contribution in [2.75, 3.05) is 0 Å². The second kappa shape index (κ2) is 8.68. The van der Waals surface area contributed by atoms with Gasteiger partial charge in [0.2, 0.25) is 0 Å². The Morgan fingerprint density at radius 1 is 0.788 bits per heavy atom. The molecule has 1 heterocycles. The molecule has 0 fully saturated rings. The zero-order valence-electron chi connectivity index (χ0n) is 20.1. The van der Waals surface area contributed by atoms with Crippen LogP contribution in [0.5, 0.6) is 0 Å². The second-order valence-corrected chi connectivity index (χ2v) is 11.4. The lowest BCUT2D eigenvalue weighted by Crippen LogP contribution is -2.28. The Kier molecular flexibility index (Phi) is 6.06. The van der Waals surface area contributed by atoms with Gasteiger partial charge in [-0.15, -0.1) is 21.6 Å². The Morgan fingerprint density at radius 2 is 1.42 bits per heavy atom. The molecule has 0 saturated carbocycles. The molecule has 1 aromatic heterocycles. The van der Waals surface area contributed by atoms with E-state index < -0.39 is 0 Å². The highest BCUT2D eigenvalue weighted by Gasteiger charge is 2.34. The highest BCUT2D eigenvalue weighted by Crippen LogP contribution is 2.41. The van der Waals surface area contributed by atoms with Crippen molar-refractivity contribution in [2.45, 2.75) is 41.5 Å². The predicted octanol–water partition coefficient (Wildman–Crippen LogP) is 8.92. The molecule has 3 nitrogen and oxygen atoms in total. The summed E-state index contributed by atoms with van der Waals surface area (Å²) >= 11 is 1.63. The van der Waals surface area contributed by atoms with Crippen LogP contribution in [-0.4, -0.2) is 5.78 Å². The van der Waals surface area contributed by atoms with Gasteiger partial charge in [-0.3, -0.25) is 4.79 Å². The fraction of sp³-hybridized carbons (Fsp3) is 0.276. The Labute approximate surface area is 200 Å². The number of hydrogen-bond acceptors (Lipinski definition) is 4. The number of hydrogen-bond donors (Lipinski definition) is 0. The van der Waals surface area contributed by atoms with Gasteiger partial charge in [0.05, 0.1) is 10.6 Å². The van der Waals surface area contributed by atoms with Gasteiger partial charge in [-0.05, 0) is 45.9 Å². The van der Waals surface area contributed by atoms with Gasteiger partial charge in [0, 0.05) is 22.1 Å². The molecule has 0 atom stereocenters. The van der Waals surface area contributed by atoms with E-state index in [0.717, 1.165) is 43.8 Å². The van der Waals surface area contributed by atoms with Gasteiger partial charge in [0.25, 0.3) is 0 Å². The molecule has 0 aliphatic heterocycles. The summed E-state index contributed by atoms with van der Waals surface area (Å²) in [5.41, 5.74) is 3.60. The average Bonchev–Trinajstić information content (AvgIpc) is 3.27. The fourth-order valence-electron chi connectivity index (χ4n) is 3.94. The maximum absolute atomic E-state index is 13.4.